The first-order valence-electron chi connectivity index (χ1n) is 7.44. The molecule has 6 heteroatoms. The number of nitrogens with one attached hydrogen (secondary N) is 1. The Balaban J connectivity index is 1.98. The minimum Gasteiger partial charge on any atom is -0.492 e. The molecule has 0 amide bonds. The van der Waals surface area contributed by atoms with Crippen molar-refractivity contribution >= 4 is 38.1 Å². The van der Waals surface area contributed by atoms with E-state index in [9.17, 15) is 8.42 Å². The summed E-state index contributed by atoms with van der Waals surface area (Å²) >= 11 is 6.10. The lowest BCUT2D eigenvalue weighted by atomic mass is 10.1. The van der Waals surface area contributed by atoms with E-state index in [1.165, 1.54) is 12.1 Å². The second-order valence-electron chi connectivity index (χ2n) is 5.16. The monoisotopic (exact) mass is 361 g/mol. The third-order valence-electron chi connectivity index (χ3n) is 3.55. The molecule has 0 aromatic heterocycles. The number of sulfonamides is 1. The van der Waals surface area contributed by atoms with Crippen LogP contribution in [0.1, 0.15) is 6.92 Å². The van der Waals surface area contributed by atoms with E-state index in [2.05, 4.69) is 4.72 Å². The van der Waals surface area contributed by atoms with Crippen molar-refractivity contribution in [1.82, 2.24) is 0 Å². The summed E-state index contributed by atoms with van der Waals surface area (Å²) in [5, 5.41) is 2.06. The zero-order valence-corrected chi connectivity index (χ0v) is 14.6. The minimum absolute atomic E-state index is 0.0869. The van der Waals surface area contributed by atoms with Crippen LogP contribution in [0.3, 0.4) is 0 Å². The fourth-order valence-corrected chi connectivity index (χ4v) is 3.84. The summed E-state index contributed by atoms with van der Waals surface area (Å²) in [5.41, 5.74) is 0.526. The molecule has 3 rings (SSSR count). The first-order chi connectivity index (χ1) is 11.5. The number of fused-ring (bicyclic) bond motifs is 1. The van der Waals surface area contributed by atoms with Gasteiger partial charge in [-0.1, -0.05) is 48.0 Å². The van der Waals surface area contributed by atoms with Crippen LogP contribution in [0, 0.1) is 0 Å². The smallest absolute Gasteiger partial charge is 0.261 e. The molecule has 3 aromatic rings. The molecule has 0 saturated carbocycles. The van der Waals surface area contributed by atoms with Gasteiger partial charge in [-0.3, -0.25) is 4.72 Å². The Kier molecular flexibility index (Phi) is 4.64. The average molecular weight is 362 g/mol. The molecule has 24 heavy (non-hydrogen) atoms. The lowest BCUT2D eigenvalue weighted by Crippen LogP contribution is -2.13. The highest BCUT2D eigenvalue weighted by molar-refractivity contribution is 7.92. The molecule has 0 heterocycles. The molecule has 3 aromatic carbocycles. The fourth-order valence-electron chi connectivity index (χ4n) is 2.44. The number of benzene rings is 3. The third-order valence-corrected chi connectivity index (χ3v) is 5.21. The third kappa shape index (κ3) is 3.32. The van der Waals surface area contributed by atoms with Crippen molar-refractivity contribution < 1.29 is 13.2 Å². The van der Waals surface area contributed by atoms with E-state index in [1.807, 2.05) is 43.3 Å². The van der Waals surface area contributed by atoms with Crippen LogP contribution in [0.2, 0.25) is 5.02 Å². The van der Waals surface area contributed by atoms with E-state index < -0.39 is 10.0 Å². The molecule has 0 fully saturated rings. The summed E-state index contributed by atoms with van der Waals surface area (Å²) in [6.45, 7) is 2.29. The zero-order valence-electron chi connectivity index (χ0n) is 13.0. The molecule has 0 aliphatic heterocycles. The molecular formula is C18H16ClNO3S. The molecule has 0 atom stereocenters. The van der Waals surface area contributed by atoms with Crippen LogP contribution in [0.15, 0.2) is 65.6 Å². The summed E-state index contributed by atoms with van der Waals surface area (Å²) in [7, 11) is -3.75. The Labute approximate surface area is 146 Å². The van der Waals surface area contributed by atoms with Gasteiger partial charge in [0.05, 0.1) is 22.2 Å². The van der Waals surface area contributed by atoms with Crippen molar-refractivity contribution in [3.8, 4) is 5.75 Å². The van der Waals surface area contributed by atoms with Crippen LogP contribution in [0.25, 0.3) is 10.8 Å². The van der Waals surface area contributed by atoms with Crippen LogP contribution in [0.5, 0.6) is 5.75 Å². The van der Waals surface area contributed by atoms with Gasteiger partial charge in [-0.15, -0.1) is 0 Å². The van der Waals surface area contributed by atoms with Crippen molar-refractivity contribution in [2.24, 2.45) is 0 Å². The average Bonchev–Trinajstić information content (AvgIpc) is 2.57. The van der Waals surface area contributed by atoms with Gasteiger partial charge in [-0.05, 0) is 36.6 Å². The molecule has 1 N–H and O–H groups in total. The Morgan fingerprint density at radius 3 is 2.54 bits per heavy atom. The molecule has 0 spiro atoms. The molecule has 0 saturated heterocycles. The molecular weight excluding hydrogens is 346 g/mol. The molecule has 124 valence electrons. The number of rotatable bonds is 5. The van der Waals surface area contributed by atoms with Gasteiger partial charge >= 0.3 is 0 Å². The van der Waals surface area contributed by atoms with Gasteiger partial charge in [-0.2, -0.15) is 0 Å². The lowest BCUT2D eigenvalue weighted by molar-refractivity contribution is 0.340. The van der Waals surface area contributed by atoms with Crippen molar-refractivity contribution in [3.05, 3.63) is 65.7 Å². The van der Waals surface area contributed by atoms with Crippen molar-refractivity contribution in [1.29, 1.82) is 0 Å². The standard InChI is InChI=1S/C18H16ClNO3S/c1-2-23-18-11-10-14(12-16(18)19)24(21,22)20-17-9-5-7-13-6-3-4-8-15(13)17/h3-12,20H,2H2,1H3. The topological polar surface area (TPSA) is 55.4 Å². The normalized spacial score (nSPS) is 11.4. The zero-order chi connectivity index (χ0) is 17.2. The number of ether oxygens (including phenoxy) is 1. The van der Waals surface area contributed by atoms with Gasteiger partial charge in [0.25, 0.3) is 10.0 Å². The molecule has 0 unspecified atom stereocenters. The van der Waals surface area contributed by atoms with Crippen molar-refractivity contribution in [2.75, 3.05) is 11.3 Å². The highest BCUT2D eigenvalue weighted by Gasteiger charge is 2.17. The Morgan fingerprint density at radius 2 is 1.79 bits per heavy atom. The van der Waals surface area contributed by atoms with Gasteiger partial charge in [-0.25, -0.2) is 8.42 Å². The van der Waals surface area contributed by atoms with Gasteiger partial charge in [0.2, 0.25) is 0 Å². The second kappa shape index (κ2) is 6.71. The predicted molar refractivity (Wildman–Crippen MR) is 97.4 cm³/mol. The lowest BCUT2D eigenvalue weighted by Gasteiger charge is -2.12. The number of hydrogen-bond acceptors (Lipinski definition) is 3. The highest BCUT2D eigenvalue weighted by Crippen LogP contribution is 2.30. The Bertz CT molecular complexity index is 981. The van der Waals surface area contributed by atoms with Crippen LogP contribution < -0.4 is 9.46 Å². The second-order valence-corrected chi connectivity index (χ2v) is 7.25. The number of anilines is 1. The van der Waals surface area contributed by atoms with Crippen LogP contribution in [-0.2, 0) is 10.0 Å². The predicted octanol–water partition coefficient (Wildman–Crippen LogP) is 4.69. The molecule has 0 aliphatic carbocycles. The van der Waals surface area contributed by atoms with Crippen molar-refractivity contribution in [2.45, 2.75) is 11.8 Å². The molecule has 4 nitrogen and oxygen atoms in total. The highest BCUT2D eigenvalue weighted by atomic mass is 35.5. The summed E-state index contributed by atoms with van der Waals surface area (Å²) in [6, 6.07) is 17.5. The maximum absolute atomic E-state index is 12.7. The summed E-state index contributed by atoms with van der Waals surface area (Å²) in [4.78, 5) is 0.0869. The molecule has 0 bridgehead atoms. The van der Waals surface area contributed by atoms with Gasteiger partial charge in [0.1, 0.15) is 5.75 Å². The summed E-state index contributed by atoms with van der Waals surface area (Å²) in [6.07, 6.45) is 0. The van der Waals surface area contributed by atoms with Crippen molar-refractivity contribution in [3.63, 3.8) is 0 Å². The first kappa shape index (κ1) is 16.6. The van der Waals surface area contributed by atoms with E-state index >= 15 is 0 Å². The van der Waals surface area contributed by atoms with E-state index in [1.54, 1.807) is 12.1 Å². The maximum Gasteiger partial charge on any atom is 0.261 e. The summed E-state index contributed by atoms with van der Waals surface area (Å²) < 4.78 is 33.3. The summed E-state index contributed by atoms with van der Waals surface area (Å²) in [5.74, 6) is 0.461. The van der Waals surface area contributed by atoms with Gasteiger partial charge in [0.15, 0.2) is 0 Å². The molecule has 0 radical (unpaired) electrons. The first-order valence-corrected chi connectivity index (χ1v) is 9.30. The quantitative estimate of drug-likeness (QED) is 0.717. The largest absolute Gasteiger partial charge is 0.492 e. The van der Waals surface area contributed by atoms with Crippen LogP contribution >= 0.6 is 11.6 Å². The maximum atomic E-state index is 12.7. The van der Waals surface area contributed by atoms with Gasteiger partial charge in [0, 0.05) is 5.39 Å². The fraction of sp³-hybridized carbons (Fsp3) is 0.111. The Hall–Kier alpha value is -2.24. The van der Waals surface area contributed by atoms with Gasteiger partial charge < -0.3 is 4.74 Å². The van der Waals surface area contributed by atoms with Crippen LogP contribution in [0.4, 0.5) is 5.69 Å². The van der Waals surface area contributed by atoms with E-state index in [0.29, 0.717) is 18.0 Å². The SMILES string of the molecule is CCOc1ccc(S(=O)(=O)Nc2cccc3ccccc23)cc1Cl. The minimum atomic E-state index is -3.75. The Morgan fingerprint density at radius 1 is 1.04 bits per heavy atom. The number of halogens is 1. The van der Waals surface area contributed by atoms with Crippen LogP contribution in [-0.4, -0.2) is 15.0 Å². The molecule has 0 aliphatic rings. The van der Waals surface area contributed by atoms with E-state index in [-0.39, 0.29) is 9.92 Å². The number of hydrogen-bond donors (Lipinski definition) is 1. The van der Waals surface area contributed by atoms with E-state index in [4.69, 9.17) is 16.3 Å². The van der Waals surface area contributed by atoms with E-state index in [0.717, 1.165) is 10.8 Å².